The molecule has 0 spiro atoms. The van der Waals surface area contributed by atoms with E-state index >= 15 is 0 Å². The number of rotatable bonds is 5. The molecule has 0 aliphatic rings. The molecule has 2 unspecified atom stereocenters. The fourth-order valence-electron chi connectivity index (χ4n) is 1.43. The van der Waals surface area contributed by atoms with Crippen LogP contribution in [0.2, 0.25) is 5.02 Å². The van der Waals surface area contributed by atoms with Gasteiger partial charge in [0.2, 0.25) is 0 Å². The van der Waals surface area contributed by atoms with Crippen LogP contribution in [0.3, 0.4) is 0 Å². The quantitative estimate of drug-likeness (QED) is 0.866. The molecule has 1 aromatic rings. The highest BCUT2D eigenvalue weighted by atomic mass is 35.5. The van der Waals surface area contributed by atoms with Gasteiger partial charge in [-0.25, -0.2) is 0 Å². The number of methoxy groups -OCH3 is 2. The number of hydrogen-bond donors (Lipinski definition) is 1. The Hall–Kier alpha value is -0.770. The molecule has 0 fully saturated rings. The second-order valence-corrected chi connectivity index (χ2v) is 4.10. The van der Waals surface area contributed by atoms with Crippen molar-refractivity contribution in [2.24, 2.45) is 0 Å². The van der Waals surface area contributed by atoms with E-state index in [1.165, 1.54) is 0 Å². The lowest BCUT2D eigenvalue weighted by molar-refractivity contribution is 0.0559. The van der Waals surface area contributed by atoms with Gasteiger partial charge in [0.25, 0.3) is 0 Å². The molecule has 2 atom stereocenters. The fourth-order valence-corrected chi connectivity index (χ4v) is 1.63. The van der Waals surface area contributed by atoms with Crippen molar-refractivity contribution >= 4 is 11.6 Å². The highest BCUT2D eigenvalue weighted by molar-refractivity contribution is 6.32. The molecule has 0 saturated heterocycles. The first-order chi connectivity index (χ1) is 7.58. The highest BCUT2D eigenvalue weighted by Crippen LogP contribution is 2.29. The normalized spacial score (nSPS) is 14.6. The van der Waals surface area contributed by atoms with E-state index in [1.54, 1.807) is 32.4 Å². The maximum atomic E-state index is 9.95. The van der Waals surface area contributed by atoms with Crippen LogP contribution in [0.4, 0.5) is 0 Å². The molecule has 0 aliphatic heterocycles. The van der Waals surface area contributed by atoms with Gasteiger partial charge in [0.15, 0.2) is 0 Å². The Morgan fingerprint density at radius 2 is 2.06 bits per heavy atom. The average Bonchev–Trinajstić information content (AvgIpc) is 2.29. The van der Waals surface area contributed by atoms with Crippen LogP contribution in [0.1, 0.15) is 25.0 Å². The van der Waals surface area contributed by atoms with Crippen LogP contribution >= 0.6 is 11.6 Å². The van der Waals surface area contributed by atoms with Gasteiger partial charge in [-0.05, 0) is 24.6 Å². The number of aliphatic hydroxyl groups is 1. The smallest absolute Gasteiger partial charge is 0.137 e. The van der Waals surface area contributed by atoms with E-state index in [1.807, 2.05) is 6.92 Å². The van der Waals surface area contributed by atoms with Crippen molar-refractivity contribution in [1.29, 1.82) is 0 Å². The Kier molecular flexibility index (Phi) is 5.06. The van der Waals surface area contributed by atoms with Crippen LogP contribution in [0.15, 0.2) is 18.2 Å². The molecular weight excluding hydrogens is 228 g/mol. The van der Waals surface area contributed by atoms with Crippen molar-refractivity contribution in [2.45, 2.75) is 25.6 Å². The largest absolute Gasteiger partial charge is 0.495 e. The monoisotopic (exact) mass is 244 g/mol. The molecule has 0 saturated carbocycles. The Morgan fingerprint density at radius 1 is 1.38 bits per heavy atom. The fraction of sp³-hybridized carbons (Fsp3) is 0.500. The molecule has 0 heterocycles. The summed E-state index contributed by atoms with van der Waals surface area (Å²) in [7, 11) is 3.18. The second-order valence-electron chi connectivity index (χ2n) is 3.69. The van der Waals surface area contributed by atoms with E-state index in [0.717, 1.165) is 5.56 Å². The number of aliphatic hydroxyl groups excluding tert-OH is 1. The van der Waals surface area contributed by atoms with Crippen LogP contribution in [0.5, 0.6) is 5.75 Å². The Bertz CT molecular complexity index is 341. The third kappa shape index (κ3) is 3.37. The van der Waals surface area contributed by atoms with Crippen LogP contribution < -0.4 is 4.74 Å². The maximum absolute atomic E-state index is 9.95. The summed E-state index contributed by atoms with van der Waals surface area (Å²) in [4.78, 5) is 0. The topological polar surface area (TPSA) is 38.7 Å². The third-order valence-corrected chi connectivity index (χ3v) is 2.83. The summed E-state index contributed by atoms with van der Waals surface area (Å²) in [6, 6.07) is 5.25. The van der Waals surface area contributed by atoms with E-state index < -0.39 is 6.10 Å². The summed E-state index contributed by atoms with van der Waals surface area (Å²) < 4.78 is 10.2. The van der Waals surface area contributed by atoms with Gasteiger partial charge in [0.05, 0.1) is 24.3 Å². The first kappa shape index (κ1) is 13.3. The molecule has 0 aromatic heterocycles. The lowest BCUT2D eigenvalue weighted by Crippen LogP contribution is -2.11. The molecule has 0 amide bonds. The van der Waals surface area contributed by atoms with Crippen molar-refractivity contribution < 1.29 is 14.6 Å². The summed E-state index contributed by atoms with van der Waals surface area (Å²) in [5.41, 5.74) is 0.783. The predicted molar refractivity (Wildman–Crippen MR) is 64.1 cm³/mol. The van der Waals surface area contributed by atoms with Gasteiger partial charge < -0.3 is 14.6 Å². The van der Waals surface area contributed by atoms with Crippen LogP contribution in [0, 0.1) is 0 Å². The molecule has 16 heavy (non-hydrogen) atoms. The molecule has 4 heteroatoms. The van der Waals surface area contributed by atoms with Crippen LogP contribution in [-0.2, 0) is 4.74 Å². The minimum Gasteiger partial charge on any atom is -0.495 e. The number of halogens is 1. The summed E-state index contributed by atoms with van der Waals surface area (Å²) in [6.45, 7) is 1.91. The van der Waals surface area contributed by atoms with E-state index in [9.17, 15) is 5.11 Å². The molecule has 1 aromatic carbocycles. The summed E-state index contributed by atoms with van der Waals surface area (Å²) >= 11 is 5.90. The SMILES string of the molecule is COc1cc(C(O)CC(C)OC)ccc1Cl. The van der Waals surface area contributed by atoms with Gasteiger partial charge in [-0.2, -0.15) is 0 Å². The van der Waals surface area contributed by atoms with Crippen molar-refractivity contribution in [3.8, 4) is 5.75 Å². The molecule has 0 radical (unpaired) electrons. The first-order valence-electron chi connectivity index (χ1n) is 5.12. The average molecular weight is 245 g/mol. The van der Waals surface area contributed by atoms with Gasteiger partial charge in [0, 0.05) is 13.5 Å². The molecule has 90 valence electrons. The Balaban J connectivity index is 2.79. The number of benzene rings is 1. The minimum atomic E-state index is -0.568. The zero-order valence-electron chi connectivity index (χ0n) is 9.74. The predicted octanol–water partition coefficient (Wildman–Crippen LogP) is 2.81. The van der Waals surface area contributed by atoms with E-state index in [4.69, 9.17) is 21.1 Å². The first-order valence-corrected chi connectivity index (χ1v) is 5.50. The number of ether oxygens (including phenoxy) is 2. The standard InChI is InChI=1S/C12H17ClO3/c1-8(15-2)6-11(14)9-4-5-10(13)12(7-9)16-3/h4-5,7-8,11,14H,6H2,1-3H3. The lowest BCUT2D eigenvalue weighted by atomic mass is 10.0. The van der Waals surface area contributed by atoms with E-state index in [0.29, 0.717) is 17.2 Å². The van der Waals surface area contributed by atoms with Gasteiger partial charge >= 0.3 is 0 Å². The van der Waals surface area contributed by atoms with Gasteiger partial charge in [-0.3, -0.25) is 0 Å². The minimum absolute atomic E-state index is 0.0108. The van der Waals surface area contributed by atoms with E-state index in [-0.39, 0.29) is 6.10 Å². The summed E-state index contributed by atoms with van der Waals surface area (Å²) in [5.74, 6) is 0.572. The molecule has 1 N–H and O–H groups in total. The highest BCUT2D eigenvalue weighted by Gasteiger charge is 2.13. The van der Waals surface area contributed by atoms with Crippen molar-refractivity contribution in [2.75, 3.05) is 14.2 Å². The van der Waals surface area contributed by atoms with Gasteiger partial charge in [0.1, 0.15) is 5.75 Å². The van der Waals surface area contributed by atoms with Gasteiger partial charge in [-0.15, -0.1) is 0 Å². The van der Waals surface area contributed by atoms with E-state index in [2.05, 4.69) is 0 Å². The molecule has 1 rings (SSSR count). The van der Waals surface area contributed by atoms with Crippen molar-refractivity contribution in [3.63, 3.8) is 0 Å². The van der Waals surface area contributed by atoms with Crippen molar-refractivity contribution in [3.05, 3.63) is 28.8 Å². The summed E-state index contributed by atoms with van der Waals surface area (Å²) in [6.07, 6.45) is -0.0147. The Morgan fingerprint density at radius 3 is 2.62 bits per heavy atom. The second kappa shape index (κ2) is 6.09. The summed E-state index contributed by atoms with van der Waals surface area (Å²) in [5, 5.41) is 10.5. The van der Waals surface area contributed by atoms with Crippen molar-refractivity contribution in [1.82, 2.24) is 0 Å². The third-order valence-electron chi connectivity index (χ3n) is 2.52. The molecule has 0 bridgehead atoms. The van der Waals surface area contributed by atoms with Crippen LogP contribution in [-0.4, -0.2) is 25.4 Å². The molecule has 3 nitrogen and oxygen atoms in total. The lowest BCUT2D eigenvalue weighted by Gasteiger charge is -2.16. The molecular formula is C12H17ClO3. The number of hydrogen-bond acceptors (Lipinski definition) is 3. The Labute approximate surface area is 101 Å². The maximum Gasteiger partial charge on any atom is 0.137 e. The zero-order valence-corrected chi connectivity index (χ0v) is 10.5. The van der Waals surface area contributed by atoms with Crippen LogP contribution in [0.25, 0.3) is 0 Å². The molecule has 0 aliphatic carbocycles. The zero-order chi connectivity index (χ0) is 12.1. The van der Waals surface area contributed by atoms with Gasteiger partial charge in [-0.1, -0.05) is 17.7 Å².